The number of aryl methyl sites for hydroxylation is 4. The minimum Gasteiger partial charge on any atom is -0.505 e. The molecule has 2 aromatic heterocycles. The topological polar surface area (TPSA) is 91.1 Å². The molecule has 0 aliphatic rings. The van der Waals surface area contributed by atoms with Crippen LogP contribution in [0.5, 0.6) is 11.5 Å². The molecule has 0 atom stereocenters. The number of phenolic OH excluding ortho intramolecular Hbond substituents is 1. The molecule has 0 bridgehead atoms. The van der Waals surface area contributed by atoms with E-state index >= 15 is 0 Å². The van der Waals surface area contributed by atoms with E-state index in [2.05, 4.69) is 10.2 Å². The third-order valence-electron chi connectivity index (χ3n) is 4.35. The zero-order valence-corrected chi connectivity index (χ0v) is 17.9. The number of halogens is 1. The largest absolute Gasteiger partial charge is 0.505 e. The average Bonchev–Trinajstić information content (AvgIpc) is 3.24. The molecule has 0 aliphatic heterocycles. The van der Waals surface area contributed by atoms with Crippen LogP contribution in [0.15, 0.2) is 24.5 Å². The summed E-state index contributed by atoms with van der Waals surface area (Å²) in [5.74, 6) is -0.238. The normalized spacial score (nSPS) is 10.3. The number of phenols is 1. The summed E-state index contributed by atoms with van der Waals surface area (Å²) < 4.78 is 21.9. The van der Waals surface area contributed by atoms with E-state index in [0.29, 0.717) is 16.6 Å². The molecule has 0 unspecified atom stereocenters. The quantitative estimate of drug-likeness (QED) is 0.466. The molecule has 0 radical (unpaired) electrons. The van der Waals surface area contributed by atoms with E-state index in [9.17, 15) is 9.50 Å². The number of nitrogens with zero attached hydrogens (tertiary/aromatic N) is 4. The average molecular weight is 401 g/mol. The Morgan fingerprint density at radius 3 is 2.07 bits per heavy atom. The summed E-state index contributed by atoms with van der Waals surface area (Å²) in [7, 11) is 5.22. The number of aromatic nitrogens is 4. The predicted molar refractivity (Wildman–Crippen MR) is 115 cm³/mol. The number of rotatable bonds is 1. The first-order valence-corrected chi connectivity index (χ1v) is 9.30. The molecule has 0 amide bonds. The van der Waals surface area contributed by atoms with Gasteiger partial charge in [-0.1, -0.05) is 13.8 Å². The van der Waals surface area contributed by atoms with Crippen molar-refractivity contribution >= 4 is 27.5 Å². The lowest BCUT2D eigenvalue weighted by Crippen LogP contribution is -1.95. The van der Waals surface area contributed by atoms with Crippen LogP contribution in [0.2, 0.25) is 0 Å². The van der Waals surface area contributed by atoms with Crippen molar-refractivity contribution in [2.45, 2.75) is 27.7 Å². The Kier molecular flexibility index (Phi) is 6.68. The molecule has 4 rings (SSSR count). The molecule has 0 spiro atoms. The molecule has 2 aromatic carbocycles. The summed E-state index contributed by atoms with van der Waals surface area (Å²) in [6, 6.07) is 3.59. The van der Waals surface area contributed by atoms with Gasteiger partial charge in [0.1, 0.15) is 11.3 Å². The van der Waals surface area contributed by atoms with Crippen LogP contribution < -0.4 is 10.5 Å². The molecular weight excluding hydrogens is 373 g/mol. The van der Waals surface area contributed by atoms with Gasteiger partial charge in [0.15, 0.2) is 11.6 Å². The predicted octanol–water partition coefficient (Wildman–Crippen LogP) is 4.23. The first-order valence-electron chi connectivity index (χ1n) is 9.30. The van der Waals surface area contributed by atoms with Gasteiger partial charge in [-0.25, -0.2) is 4.39 Å². The van der Waals surface area contributed by atoms with Crippen LogP contribution in [0.25, 0.3) is 21.8 Å². The van der Waals surface area contributed by atoms with Crippen molar-refractivity contribution in [3.8, 4) is 11.5 Å². The fourth-order valence-electron chi connectivity index (χ4n) is 3.10. The van der Waals surface area contributed by atoms with Gasteiger partial charge in [0.2, 0.25) is 0 Å². The molecule has 3 N–H and O–H groups in total. The van der Waals surface area contributed by atoms with Crippen LogP contribution in [0, 0.1) is 19.7 Å². The van der Waals surface area contributed by atoms with Crippen LogP contribution in [0.3, 0.4) is 0 Å². The van der Waals surface area contributed by atoms with Gasteiger partial charge in [-0.05, 0) is 31.5 Å². The number of hydrogen-bond donors (Lipinski definition) is 2. The van der Waals surface area contributed by atoms with Gasteiger partial charge in [-0.15, -0.1) is 0 Å². The second-order valence-corrected chi connectivity index (χ2v) is 6.46. The molecule has 0 fully saturated rings. The van der Waals surface area contributed by atoms with Gasteiger partial charge >= 0.3 is 0 Å². The lowest BCUT2D eigenvalue weighted by molar-refractivity contribution is 0.414. The van der Waals surface area contributed by atoms with Crippen molar-refractivity contribution in [1.29, 1.82) is 0 Å². The molecule has 7 nitrogen and oxygen atoms in total. The Bertz CT molecular complexity index is 1150. The van der Waals surface area contributed by atoms with Crippen molar-refractivity contribution in [3.05, 3.63) is 41.5 Å². The second kappa shape index (κ2) is 8.81. The molecular formula is C21H28FN5O2. The SMILES string of the molecule is CC.COc1c(N)cc2cn(C)nc2c1C.Cc1cc2cn(C)nc2c(F)c1O. The number of anilines is 1. The van der Waals surface area contributed by atoms with E-state index < -0.39 is 5.82 Å². The van der Waals surface area contributed by atoms with E-state index in [1.165, 1.54) is 4.68 Å². The Balaban J connectivity index is 0.000000191. The van der Waals surface area contributed by atoms with Crippen molar-refractivity contribution in [1.82, 2.24) is 19.6 Å². The Hall–Kier alpha value is -3.29. The Labute approximate surface area is 169 Å². The number of aromatic hydroxyl groups is 1. The fourth-order valence-corrected chi connectivity index (χ4v) is 3.10. The maximum atomic E-state index is 13.3. The minimum absolute atomic E-state index is 0.214. The van der Waals surface area contributed by atoms with Crippen LogP contribution in [0.4, 0.5) is 10.1 Å². The first kappa shape index (κ1) is 22.0. The number of nitrogens with two attached hydrogens (primary N) is 1. The molecule has 0 saturated heterocycles. The summed E-state index contributed by atoms with van der Waals surface area (Å²) in [4.78, 5) is 0. The van der Waals surface area contributed by atoms with E-state index in [-0.39, 0.29) is 11.3 Å². The number of benzene rings is 2. The summed E-state index contributed by atoms with van der Waals surface area (Å²) in [6.45, 7) is 7.62. The highest BCUT2D eigenvalue weighted by Gasteiger charge is 2.12. The number of nitrogen functional groups attached to an aromatic ring is 1. The standard InChI is InChI=1S/C10H13N3O.C9H9FN2O.C2H6/c1-6-9-7(5-13(2)12-9)4-8(11)10(6)14-3;1-5-3-6-4-12(2)11-8(6)7(10)9(5)13;1-2/h4-5H,11H2,1-3H3;3-4,13H,1-2H3;1-2H3. The van der Waals surface area contributed by atoms with Crippen molar-refractivity contribution < 1.29 is 14.2 Å². The maximum Gasteiger partial charge on any atom is 0.193 e. The molecule has 156 valence electrons. The van der Waals surface area contributed by atoms with Crippen molar-refractivity contribution in [3.63, 3.8) is 0 Å². The lowest BCUT2D eigenvalue weighted by Gasteiger charge is -2.07. The number of hydrogen-bond acceptors (Lipinski definition) is 5. The van der Waals surface area contributed by atoms with E-state index in [1.54, 1.807) is 38.0 Å². The van der Waals surface area contributed by atoms with E-state index in [0.717, 1.165) is 22.2 Å². The van der Waals surface area contributed by atoms with Crippen LogP contribution >= 0.6 is 0 Å². The third kappa shape index (κ3) is 4.26. The number of ether oxygens (including phenoxy) is 1. The second-order valence-electron chi connectivity index (χ2n) is 6.46. The molecule has 29 heavy (non-hydrogen) atoms. The highest BCUT2D eigenvalue weighted by atomic mass is 19.1. The molecule has 8 heteroatoms. The summed E-state index contributed by atoms with van der Waals surface area (Å²) >= 11 is 0. The third-order valence-corrected chi connectivity index (χ3v) is 4.35. The number of methoxy groups -OCH3 is 1. The summed E-state index contributed by atoms with van der Waals surface area (Å²) in [5, 5.41) is 19.3. The van der Waals surface area contributed by atoms with E-state index in [4.69, 9.17) is 10.5 Å². The maximum absolute atomic E-state index is 13.3. The molecule has 0 aliphatic carbocycles. The van der Waals surface area contributed by atoms with Gasteiger partial charge < -0.3 is 15.6 Å². The zero-order chi connectivity index (χ0) is 21.9. The smallest absolute Gasteiger partial charge is 0.193 e. The van der Waals surface area contributed by atoms with Gasteiger partial charge in [-0.3, -0.25) is 9.36 Å². The first-order chi connectivity index (χ1) is 13.7. The van der Waals surface area contributed by atoms with Crippen LogP contribution in [-0.2, 0) is 14.1 Å². The Morgan fingerprint density at radius 2 is 1.52 bits per heavy atom. The zero-order valence-electron chi connectivity index (χ0n) is 17.9. The highest BCUT2D eigenvalue weighted by molar-refractivity contribution is 5.88. The van der Waals surface area contributed by atoms with Crippen molar-refractivity contribution in [2.24, 2.45) is 14.1 Å². The number of fused-ring (bicyclic) bond motifs is 2. The molecule has 2 heterocycles. The van der Waals surface area contributed by atoms with Crippen LogP contribution in [-0.4, -0.2) is 31.8 Å². The minimum atomic E-state index is -0.643. The van der Waals surface area contributed by atoms with Gasteiger partial charge in [-0.2, -0.15) is 10.2 Å². The summed E-state index contributed by atoms with van der Waals surface area (Å²) in [5.41, 5.74) is 9.17. The van der Waals surface area contributed by atoms with Crippen molar-refractivity contribution in [2.75, 3.05) is 12.8 Å². The van der Waals surface area contributed by atoms with Crippen LogP contribution in [0.1, 0.15) is 25.0 Å². The Morgan fingerprint density at radius 1 is 1.00 bits per heavy atom. The monoisotopic (exact) mass is 401 g/mol. The highest BCUT2D eigenvalue weighted by Crippen LogP contribution is 2.32. The van der Waals surface area contributed by atoms with E-state index in [1.807, 2.05) is 40.1 Å². The molecule has 0 saturated carbocycles. The molecule has 4 aromatic rings. The lowest BCUT2D eigenvalue weighted by atomic mass is 10.1. The van der Waals surface area contributed by atoms with Gasteiger partial charge in [0.05, 0.1) is 18.3 Å². The van der Waals surface area contributed by atoms with Gasteiger partial charge in [0.25, 0.3) is 0 Å². The summed E-state index contributed by atoms with van der Waals surface area (Å²) in [6.07, 6.45) is 3.66. The van der Waals surface area contributed by atoms with Gasteiger partial charge in [0, 0.05) is 42.8 Å². The fraction of sp³-hybridized carbons (Fsp3) is 0.333.